The number of piperidine rings is 2. The van der Waals surface area contributed by atoms with Crippen LogP contribution >= 0.6 is 0 Å². The predicted molar refractivity (Wildman–Crippen MR) is 331 cm³/mol. The van der Waals surface area contributed by atoms with Gasteiger partial charge in [-0.3, -0.25) is 63.1 Å². The second-order valence-corrected chi connectivity index (χ2v) is 21.3. The molecule has 4 aromatic carbocycles. The third-order valence-electron chi connectivity index (χ3n) is 15.4. The third-order valence-corrected chi connectivity index (χ3v) is 15.4. The minimum atomic E-state index is -0.360. The lowest BCUT2D eigenvalue weighted by Gasteiger charge is -2.32. The molecule has 22 nitrogen and oxygen atoms in total. The highest BCUT2D eigenvalue weighted by Crippen LogP contribution is 2.39. The molecule has 0 aromatic heterocycles. The molecule has 0 saturated carbocycles. The van der Waals surface area contributed by atoms with Crippen LogP contribution in [0, 0.1) is 0 Å². The first-order chi connectivity index (χ1) is 41.7. The minimum Gasteiger partial charge on any atom is -0.493 e. The summed E-state index contributed by atoms with van der Waals surface area (Å²) in [6, 6.07) is 19.7. The number of hydrogen-bond acceptors (Lipinski definition) is 18. The molecule has 0 bridgehead atoms. The normalized spacial score (nSPS) is 17.4. The standard InChI is InChI=1S/C55H58N6O11.C9H12N2O3.2CH4/c1-35(56-31-42(63)10-7-19-61-52(64)15-16-53(61)65)38-11-13-43(14-12-38)69-20-21-70-44-23-36(33-71-49-27-47-45(25-39(49)32-62)54(66)59-17-5-3-8-40(59)29-57-47)22-37(24-44)34-72-51-28-48-46(26-50(51)68-2)55(67)60-18-6-4-9-41(60)30-58-48;10-6-7(12)2-1-5-11-8(13)3-4-9(11)14;;/h11-16,22-30,40-41,62H,3-10,17-21,31-34H2,1-2H3;3-4H,1-2,5-6,10H2;2*1H4/t40-,41-;;;/m0.../s1. The average Bonchev–Trinajstić information content (AvgIpc) is 3.21. The van der Waals surface area contributed by atoms with Gasteiger partial charge >= 0.3 is 0 Å². The van der Waals surface area contributed by atoms with E-state index in [1.807, 2.05) is 71.6 Å². The Morgan fingerprint density at radius 1 is 0.614 bits per heavy atom. The van der Waals surface area contributed by atoms with E-state index < -0.39 is 0 Å². The van der Waals surface area contributed by atoms with Gasteiger partial charge in [0, 0.05) is 99.2 Å². The number of rotatable bonds is 25. The maximum atomic E-state index is 13.6. The van der Waals surface area contributed by atoms with E-state index in [9.17, 15) is 43.5 Å². The topological polar surface area (TPSA) is 279 Å². The first kappa shape index (κ1) is 66.4. The number of ketones is 2. The SMILES string of the molecule is C.C.COc1cc2c(cc1OCc1cc(COc3cc4c(cc3CO)C(=O)N3CCCC[C@H]3C=N4)cc(OCCOc3ccc(C(C)=NCC(=O)CCCN4C(=O)C=CC4=O)cc3)c1)N=C[C@@H]1CCCCN1C2=O.NCC(=O)CCCN1C(=O)C=CC1=O. The number of benzene rings is 4. The van der Waals surface area contributed by atoms with Gasteiger partial charge < -0.3 is 44.3 Å². The van der Waals surface area contributed by atoms with Gasteiger partial charge in [-0.1, -0.05) is 14.9 Å². The number of imide groups is 2. The van der Waals surface area contributed by atoms with Gasteiger partial charge in [0.2, 0.25) is 0 Å². The average molecular weight is 1210 g/mol. The summed E-state index contributed by atoms with van der Waals surface area (Å²) < 4.78 is 30.8. The first-order valence-electron chi connectivity index (χ1n) is 29.0. The quantitative estimate of drug-likeness (QED) is 0.0364. The summed E-state index contributed by atoms with van der Waals surface area (Å²) in [7, 11) is 1.54. The number of fused-ring (bicyclic) bond motifs is 4. The number of methoxy groups -OCH3 is 1. The Balaban J connectivity index is 0.000000610. The van der Waals surface area contributed by atoms with E-state index in [0.717, 1.165) is 65.0 Å². The van der Waals surface area contributed by atoms with Crippen molar-refractivity contribution in [2.75, 3.05) is 59.6 Å². The number of amides is 6. The van der Waals surface area contributed by atoms with Crippen LogP contribution < -0.4 is 29.4 Å². The molecule has 6 aliphatic rings. The molecule has 2 saturated heterocycles. The first-order valence-corrected chi connectivity index (χ1v) is 29.0. The molecule has 0 radical (unpaired) electrons. The van der Waals surface area contributed by atoms with Crippen LogP contribution in [0.25, 0.3) is 0 Å². The second-order valence-electron chi connectivity index (χ2n) is 21.3. The van der Waals surface area contributed by atoms with Gasteiger partial charge in [0.05, 0.1) is 61.4 Å². The molecule has 6 amide bonds. The van der Waals surface area contributed by atoms with Crippen molar-refractivity contribution in [2.24, 2.45) is 20.7 Å². The van der Waals surface area contributed by atoms with Crippen LogP contribution in [-0.4, -0.2) is 162 Å². The van der Waals surface area contributed by atoms with Crippen LogP contribution in [0.2, 0.25) is 0 Å². The van der Waals surface area contributed by atoms with Crippen molar-refractivity contribution < 1.29 is 67.1 Å². The van der Waals surface area contributed by atoms with Gasteiger partial charge in [-0.2, -0.15) is 0 Å². The maximum absolute atomic E-state index is 13.6. The number of nitrogens with two attached hydrogens (primary N) is 1. The van der Waals surface area contributed by atoms with Gasteiger partial charge in [0.25, 0.3) is 35.4 Å². The van der Waals surface area contributed by atoms with Crippen molar-refractivity contribution in [2.45, 2.75) is 118 Å². The summed E-state index contributed by atoms with van der Waals surface area (Å²) in [6.07, 6.45) is 15.7. The molecule has 22 heteroatoms. The maximum Gasteiger partial charge on any atom is 0.256 e. The summed E-state index contributed by atoms with van der Waals surface area (Å²) in [5, 5.41) is 10.5. The fourth-order valence-corrected chi connectivity index (χ4v) is 10.7. The molecule has 88 heavy (non-hydrogen) atoms. The molecule has 0 spiro atoms. The Bertz CT molecular complexity index is 3250. The van der Waals surface area contributed by atoms with Crippen molar-refractivity contribution in [1.82, 2.24) is 19.6 Å². The molecule has 466 valence electrons. The summed E-state index contributed by atoms with van der Waals surface area (Å²) in [4.78, 5) is 116. The Kier molecular flexibility index (Phi) is 23.7. The predicted octanol–water partition coefficient (Wildman–Crippen LogP) is 7.80. The van der Waals surface area contributed by atoms with Crippen LogP contribution in [0.1, 0.15) is 129 Å². The second kappa shape index (κ2) is 31.5. The molecule has 10 rings (SSSR count). The largest absolute Gasteiger partial charge is 0.493 e. The van der Waals surface area contributed by atoms with Crippen molar-refractivity contribution in [3.8, 4) is 28.7 Å². The molecule has 6 aliphatic heterocycles. The zero-order valence-electron chi connectivity index (χ0n) is 48.3. The smallest absolute Gasteiger partial charge is 0.256 e. The number of nitrogens with zero attached hydrogens (tertiary/aromatic N) is 7. The van der Waals surface area contributed by atoms with Crippen LogP contribution in [0.3, 0.4) is 0 Å². The fourth-order valence-electron chi connectivity index (χ4n) is 10.7. The van der Waals surface area contributed by atoms with Crippen molar-refractivity contribution in [3.63, 3.8) is 0 Å². The lowest BCUT2D eigenvalue weighted by atomic mass is 10.0. The summed E-state index contributed by atoms with van der Waals surface area (Å²) in [5.74, 6) is 0.709. The summed E-state index contributed by atoms with van der Waals surface area (Å²) in [6.45, 7) is 3.91. The van der Waals surface area contributed by atoms with Gasteiger partial charge in [0.15, 0.2) is 17.3 Å². The van der Waals surface area contributed by atoms with Gasteiger partial charge in [-0.15, -0.1) is 0 Å². The van der Waals surface area contributed by atoms with E-state index in [-0.39, 0.29) is 140 Å². The zero-order valence-corrected chi connectivity index (χ0v) is 48.3. The molecular formula is C66H78N8O14. The molecule has 0 unspecified atom stereocenters. The monoisotopic (exact) mass is 1210 g/mol. The van der Waals surface area contributed by atoms with Crippen LogP contribution in [0.15, 0.2) is 106 Å². The lowest BCUT2D eigenvalue weighted by molar-refractivity contribution is -0.138. The summed E-state index contributed by atoms with van der Waals surface area (Å²) >= 11 is 0. The van der Waals surface area contributed by atoms with E-state index in [1.165, 1.54) is 31.4 Å². The third kappa shape index (κ3) is 16.7. The highest BCUT2D eigenvalue weighted by atomic mass is 16.5. The number of aliphatic hydroxyl groups is 1. The molecule has 0 aliphatic carbocycles. The number of ether oxygens (including phenoxy) is 5. The highest BCUT2D eigenvalue weighted by molar-refractivity contribution is 6.13. The minimum absolute atomic E-state index is 0. The van der Waals surface area contributed by atoms with Crippen LogP contribution in [-0.2, 0) is 48.6 Å². The lowest BCUT2D eigenvalue weighted by Crippen LogP contribution is -2.43. The van der Waals surface area contributed by atoms with Gasteiger partial charge in [-0.05, 0) is 130 Å². The molecule has 3 N–H and O–H groups in total. The highest BCUT2D eigenvalue weighted by Gasteiger charge is 2.33. The van der Waals surface area contributed by atoms with Crippen molar-refractivity contribution in [3.05, 3.63) is 124 Å². The van der Waals surface area contributed by atoms with Gasteiger partial charge in [-0.25, -0.2) is 0 Å². The van der Waals surface area contributed by atoms with Crippen molar-refractivity contribution >= 4 is 76.5 Å². The number of hydrogen-bond donors (Lipinski definition) is 2. The number of carbonyl (C=O) groups excluding carboxylic acids is 8. The molecule has 2 atom stereocenters. The number of Topliss-reactive ketones (excluding diaryl/α,β-unsaturated/α-hetero) is 2. The molecule has 6 heterocycles. The number of aliphatic hydroxyl groups excluding tert-OH is 1. The van der Waals surface area contributed by atoms with E-state index in [1.54, 1.807) is 24.3 Å². The number of carbonyl (C=O) groups is 8. The summed E-state index contributed by atoms with van der Waals surface area (Å²) in [5.41, 5.74) is 10.5. The van der Waals surface area contributed by atoms with E-state index >= 15 is 0 Å². The van der Waals surface area contributed by atoms with Gasteiger partial charge in [0.1, 0.15) is 49.5 Å². The Morgan fingerprint density at radius 3 is 1.64 bits per heavy atom. The molecular weight excluding hydrogens is 1130 g/mol. The van der Waals surface area contributed by atoms with Crippen LogP contribution in [0.4, 0.5) is 11.4 Å². The Labute approximate surface area is 512 Å². The van der Waals surface area contributed by atoms with E-state index in [0.29, 0.717) is 94.9 Å². The zero-order chi connectivity index (χ0) is 60.7. The molecule has 4 aromatic rings. The number of aliphatic imine (C=N–C) groups is 3. The van der Waals surface area contributed by atoms with E-state index in [4.69, 9.17) is 39.4 Å². The Morgan fingerprint density at radius 2 is 1.11 bits per heavy atom. The Hall–Kier alpha value is -9.15. The fraction of sp³-hybridized carbons (Fsp3) is 0.409. The van der Waals surface area contributed by atoms with E-state index in [2.05, 4.69) is 4.99 Å². The molecule has 2 fully saturated rings. The van der Waals surface area contributed by atoms with Crippen molar-refractivity contribution in [1.29, 1.82) is 0 Å². The van der Waals surface area contributed by atoms with Crippen LogP contribution in [0.5, 0.6) is 28.7 Å².